The Hall–Kier alpha value is -1.40. The van der Waals surface area contributed by atoms with Crippen molar-refractivity contribution >= 4 is 15.9 Å². The van der Waals surface area contributed by atoms with Crippen LogP contribution in [0.25, 0.3) is 0 Å². The molecule has 0 amide bonds. The van der Waals surface area contributed by atoms with E-state index in [4.69, 9.17) is 9.26 Å². The van der Waals surface area contributed by atoms with Crippen molar-refractivity contribution in [1.82, 2.24) is 15.5 Å². The van der Waals surface area contributed by atoms with E-state index in [1.54, 1.807) is 0 Å². The molecular weight excluding hydrogens is 298 g/mol. The molecule has 2 aromatic rings. The third-order valence-electron chi connectivity index (χ3n) is 2.28. The van der Waals surface area contributed by atoms with Crippen LogP contribution >= 0.6 is 15.9 Å². The molecule has 0 aliphatic rings. The van der Waals surface area contributed by atoms with Gasteiger partial charge in [0.05, 0.1) is 0 Å². The van der Waals surface area contributed by atoms with E-state index in [-0.39, 0.29) is 0 Å². The van der Waals surface area contributed by atoms with E-state index in [0.29, 0.717) is 12.5 Å². The molecular formula is C12H14BrN3O2. The summed E-state index contributed by atoms with van der Waals surface area (Å²) >= 11 is 3.38. The summed E-state index contributed by atoms with van der Waals surface area (Å²) in [6, 6.07) is 7.78. The molecule has 6 heteroatoms. The second-order valence-electron chi connectivity index (χ2n) is 3.64. The largest absolute Gasteiger partial charge is 0.492 e. The number of ether oxygens (including phenoxy) is 1. The number of aromatic nitrogens is 2. The number of hydrogen-bond donors (Lipinski definition) is 1. The van der Waals surface area contributed by atoms with Crippen LogP contribution in [-0.2, 0) is 6.42 Å². The lowest BCUT2D eigenvalue weighted by Gasteiger charge is -2.06. The highest BCUT2D eigenvalue weighted by Gasteiger charge is 1.98. The first-order valence-corrected chi connectivity index (χ1v) is 6.48. The first-order chi connectivity index (χ1) is 8.84. The zero-order valence-corrected chi connectivity index (χ0v) is 11.4. The Bertz CT molecular complexity index is 445. The van der Waals surface area contributed by atoms with Gasteiger partial charge in [0.1, 0.15) is 12.4 Å². The molecule has 0 aliphatic carbocycles. The Kier molecular flexibility index (Phi) is 5.16. The summed E-state index contributed by atoms with van der Waals surface area (Å²) in [6.07, 6.45) is 2.14. The highest BCUT2D eigenvalue weighted by atomic mass is 79.9. The molecule has 18 heavy (non-hydrogen) atoms. The lowest BCUT2D eigenvalue weighted by Crippen LogP contribution is -2.23. The summed E-state index contributed by atoms with van der Waals surface area (Å²) in [5, 5.41) is 6.78. The van der Waals surface area contributed by atoms with Crippen molar-refractivity contribution in [2.75, 3.05) is 19.7 Å². The third kappa shape index (κ3) is 4.46. The maximum Gasteiger partial charge on any atom is 0.227 e. The van der Waals surface area contributed by atoms with Gasteiger partial charge in [-0.1, -0.05) is 21.1 Å². The van der Waals surface area contributed by atoms with Crippen LogP contribution in [0.1, 0.15) is 5.89 Å². The second kappa shape index (κ2) is 7.13. The van der Waals surface area contributed by atoms with Gasteiger partial charge in [0, 0.05) is 24.0 Å². The molecule has 1 aromatic carbocycles. The number of nitrogens with one attached hydrogen (secondary N) is 1. The average molecular weight is 312 g/mol. The van der Waals surface area contributed by atoms with Gasteiger partial charge < -0.3 is 14.6 Å². The van der Waals surface area contributed by atoms with Gasteiger partial charge in [-0.15, -0.1) is 0 Å². The molecule has 2 rings (SSSR count). The monoisotopic (exact) mass is 311 g/mol. The van der Waals surface area contributed by atoms with E-state index in [2.05, 4.69) is 31.4 Å². The molecule has 1 heterocycles. The Morgan fingerprint density at radius 2 is 2.06 bits per heavy atom. The van der Waals surface area contributed by atoms with E-state index in [1.165, 1.54) is 6.33 Å². The minimum Gasteiger partial charge on any atom is -0.492 e. The van der Waals surface area contributed by atoms with Crippen LogP contribution in [0.3, 0.4) is 0 Å². The molecule has 0 atom stereocenters. The summed E-state index contributed by atoms with van der Waals surface area (Å²) in [5.41, 5.74) is 0. The lowest BCUT2D eigenvalue weighted by molar-refractivity contribution is 0.312. The van der Waals surface area contributed by atoms with Gasteiger partial charge >= 0.3 is 0 Å². The summed E-state index contributed by atoms with van der Waals surface area (Å²) in [5.74, 6) is 1.52. The fourth-order valence-electron chi connectivity index (χ4n) is 1.40. The molecule has 0 radical (unpaired) electrons. The van der Waals surface area contributed by atoms with Gasteiger partial charge in [-0.25, -0.2) is 0 Å². The summed E-state index contributed by atoms with van der Waals surface area (Å²) in [4.78, 5) is 3.94. The average Bonchev–Trinajstić information content (AvgIpc) is 2.89. The number of nitrogens with zero attached hydrogens (tertiary/aromatic N) is 2. The van der Waals surface area contributed by atoms with Crippen LogP contribution in [0, 0.1) is 0 Å². The van der Waals surface area contributed by atoms with Crippen LogP contribution in [0.5, 0.6) is 5.75 Å². The van der Waals surface area contributed by atoms with Gasteiger partial charge in [0.15, 0.2) is 6.33 Å². The molecule has 1 N–H and O–H groups in total. The number of benzene rings is 1. The van der Waals surface area contributed by atoms with Crippen molar-refractivity contribution in [3.8, 4) is 5.75 Å². The maximum atomic E-state index is 5.56. The van der Waals surface area contributed by atoms with Crippen molar-refractivity contribution in [2.45, 2.75) is 6.42 Å². The quantitative estimate of drug-likeness (QED) is 0.793. The molecule has 0 aliphatic heterocycles. The van der Waals surface area contributed by atoms with Crippen molar-refractivity contribution in [2.24, 2.45) is 0 Å². The molecule has 0 saturated carbocycles. The standard InChI is InChI=1S/C12H14BrN3O2/c13-10-1-3-11(4-2-10)17-8-7-14-6-5-12-15-9-16-18-12/h1-4,9,14H,5-8H2. The topological polar surface area (TPSA) is 60.2 Å². The maximum absolute atomic E-state index is 5.56. The Balaban J connectivity index is 1.55. The summed E-state index contributed by atoms with van der Waals surface area (Å²) in [7, 11) is 0. The fourth-order valence-corrected chi connectivity index (χ4v) is 1.66. The minimum absolute atomic E-state index is 0.630. The second-order valence-corrected chi connectivity index (χ2v) is 4.55. The molecule has 1 aromatic heterocycles. The van der Waals surface area contributed by atoms with Gasteiger partial charge in [-0.2, -0.15) is 4.98 Å². The van der Waals surface area contributed by atoms with E-state index >= 15 is 0 Å². The minimum atomic E-state index is 0.630. The van der Waals surface area contributed by atoms with Gasteiger partial charge in [0.2, 0.25) is 5.89 Å². The van der Waals surface area contributed by atoms with Crippen molar-refractivity contribution < 1.29 is 9.26 Å². The Labute approximate surface area is 114 Å². The first-order valence-electron chi connectivity index (χ1n) is 5.69. The van der Waals surface area contributed by atoms with Gasteiger partial charge in [-0.05, 0) is 24.3 Å². The number of rotatable bonds is 7. The first kappa shape index (κ1) is 13.0. The van der Waals surface area contributed by atoms with Crippen LogP contribution in [-0.4, -0.2) is 29.8 Å². The number of hydrogen-bond acceptors (Lipinski definition) is 5. The van der Waals surface area contributed by atoms with Crippen molar-refractivity contribution in [3.63, 3.8) is 0 Å². The number of halogens is 1. The van der Waals surface area contributed by atoms with Crippen molar-refractivity contribution in [3.05, 3.63) is 41.0 Å². The molecule has 0 spiro atoms. The van der Waals surface area contributed by atoms with Crippen LogP contribution in [0.2, 0.25) is 0 Å². The highest BCUT2D eigenvalue weighted by Crippen LogP contribution is 2.15. The molecule has 96 valence electrons. The molecule has 0 unspecified atom stereocenters. The summed E-state index contributed by atoms with van der Waals surface area (Å²) < 4.78 is 11.5. The molecule has 5 nitrogen and oxygen atoms in total. The third-order valence-corrected chi connectivity index (χ3v) is 2.81. The highest BCUT2D eigenvalue weighted by molar-refractivity contribution is 9.10. The van der Waals surface area contributed by atoms with E-state index in [9.17, 15) is 0 Å². The summed E-state index contributed by atoms with van der Waals surface area (Å²) in [6.45, 7) is 2.21. The van der Waals surface area contributed by atoms with E-state index in [0.717, 1.165) is 29.7 Å². The van der Waals surface area contributed by atoms with E-state index in [1.807, 2.05) is 24.3 Å². The van der Waals surface area contributed by atoms with Crippen LogP contribution in [0.15, 0.2) is 39.6 Å². The Morgan fingerprint density at radius 3 is 2.78 bits per heavy atom. The van der Waals surface area contributed by atoms with Crippen molar-refractivity contribution in [1.29, 1.82) is 0 Å². The van der Waals surface area contributed by atoms with E-state index < -0.39 is 0 Å². The zero-order chi connectivity index (χ0) is 12.6. The van der Waals surface area contributed by atoms with Crippen LogP contribution in [0.4, 0.5) is 0 Å². The predicted molar refractivity (Wildman–Crippen MR) is 70.5 cm³/mol. The van der Waals surface area contributed by atoms with Crippen LogP contribution < -0.4 is 10.1 Å². The van der Waals surface area contributed by atoms with Gasteiger partial charge in [-0.3, -0.25) is 0 Å². The molecule has 0 saturated heterocycles. The normalized spacial score (nSPS) is 10.5. The molecule has 0 bridgehead atoms. The predicted octanol–water partition coefficient (Wildman–Crippen LogP) is 2.04. The lowest BCUT2D eigenvalue weighted by atomic mass is 10.3. The SMILES string of the molecule is Brc1ccc(OCCNCCc2ncno2)cc1. The smallest absolute Gasteiger partial charge is 0.227 e. The van der Waals surface area contributed by atoms with Gasteiger partial charge in [0.25, 0.3) is 0 Å². The Morgan fingerprint density at radius 1 is 1.22 bits per heavy atom. The molecule has 0 fully saturated rings. The zero-order valence-electron chi connectivity index (χ0n) is 9.80. The fraction of sp³-hybridized carbons (Fsp3) is 0.333.